The van der Waals surface area contributed by atoms with Crippen LogP contribution in [0.5, 0.6) is 0 Å². The average Bonchev–Trinajstić information content (AvgIpc) is 3.52. The van der Waals surface area contributed by atoms with Crippen LogP contribution in [-0.2, 0) is 27.3 Å². The van der Waals surface area contributed by atoms with E-state index in [1.807, 2.05) is 48.5 Å². The fraction of sp³-hybridized carbons (Fsp3) is 0.379. The van der Waals surface area contributed by atoms with Crippen LogP contribution in [0.4, 0.5) is 0 Å². The number of H-pyrrole nitrogens is 1. The van der Waals surface area contributed by atoms with Gasteiger partial charge in [0.2, 0.25) is 11.8 Å². The van der Waals surface area contributed by atoms with E-state index in [-0.39, 0.29) is 18.9 Å². The van der Waals surface area contributed by atoms with Crippen LogP contribution in [0, 0.1) is 5.92 Å². The van der Waals surface area contributed by atoms with E-state index in [0.29, 0.717) is 12.3 Å². The first-order valence-corrected chi connectivity index (χ1v) is 13.3. The van der Waals surface area contributed by atoms with Gasteiger partial charge in [-0.3, -0.25) is 14.3 Å². The SMILES string of the molecule is O=C(Cn1ncc2ccccc21)NC(CC1CCCCC1)C(=O)NC(Cc1c[nH]c2ccccc12)C(=O)O. The molecule has 2 atom stereocenters. The van der Waals surface area contributed by atoms with Gasteiger partial charge in [0, 0.05) is 28.9 Å². The highest BCUT2D eigenvalue weighted by molar-refractivity contribution is 5.91. The molecule has 4 N–H and O–H groups in total. The molecule has 1 fully saturated rings. The summed E-state index contributed by atoms with van der Waals surface area (Å²) >= 11 is 0. The zero-order valence-corrected chi connectivity index (χ0v) is 21.2. The molecular weight excluding hydrogens is 482 g/mol. The molecule has 0 saturated heterocycles. The van der Waals surface area contributed by atoms with E-state index in [0.717, 1.165) is 53.1 Å². The lowest BCUT2D eigenvalue weighted by molar-refractivity contribution is -0.142. The van der Waals surface area contributed by atoms with Crippen molar-refractivity contribution in [2.75, 3.05) is 0 Å². The van der Waals surface area contributed by atoms with Crippen LogP contribution in [0.3, 0.4) is 0 Å². The van der Waals surface area contributed by atoms with E-state index in [4.69, 9.17) is 0 Å². The molecule has 5 rings (SSSR count). The number of nitrogens with one attached hydrogen (secondary N) is 3. The van der Waals surface area contributed by atoms with Crippen molar-refractivity contribution in [1.82, 2.24) is 25.4 Å². The molecule has 2 heterocycles. The van der Waals surface area contributed by atoms with Crippen molar-refractivity contribution >= 4 is 39.6 Å². The maximum atomic E-state index is 13.5. The van der Waals surface area contributed by atoms with Gasteiger partial charge in [0.1, 0.15) is 18.6 Å². The predicted molar refractivity (Wildman–Crippen MR) is 144 cm³/mol. The molecular formula is C29H33N5O4. The number of aromatic amines is 1. The Morgan fingerprint density at radius 1 is 1.00 bits per heavy atom. The number of carbonyl (C=O) groups excluding carboxylic acids is 2. The summed E-state index contributed by atoms with van der Waals surface area (Å²) in [5.74, 6) is -1.61. The Kier molecular flexibility index (Phi) is 7.72. The number of carboxylic acid groups (broad SMARTS) is 1. The van der Waals surface area contributed by atoms with Crippen molar-refractivity contribution in [3.63, 3.8) is 0 Å². The van der Waals surface area contributed by atoms with Crippen molar-refractivity contribution < 1.29 is 19.5 Å². The molecule has 0 radical (unpaired) electrons. The molecule has 4 aromatic rings. The number of hydrogen-bond acceptors (Lipinski definition) is 4. The van der Waals surface area contributed by atoms with E-state index in [9.17, 15) is 19.5 Å². The number of benzene rings is 2. The largest absolute Gasteiger partial charge is 0.480 e. The van der Waals surface area contributed by atoms with Crippen LogP contribution in [0.1, 0.15) is 44.1 Å². The molecule has 1 aliphatic rings. The Labute approximate surface area is 220 Å². The molecule has 9 nitrogen and oxygen atoms in total. The lowest BCUT2D eigenvalue weighted by atomic mass is 9.84. The number of carboxylic acids is 1. The molecule has 1 saturated carbocycles. The van der Waals surface area contributed by atoms with Crippen LogP contribution >= 0.6 is 0 Å². The third-order valence-corrected chi connectivity index (χ3v) is 7.50. The van der Waals surface area contributed by atoms with Gasteiger partial charge >= 0.3 is 5.97 Å². The number of fused-ring (bicyclic) bond motifs is 2. The Balaban J connectivity index is 1.30. The summed E-state index contributed by atoms with van der Waals surface area (Å²) in [6, 6.07) is 13.3. The van der Waals surface area contributed by atoms with Crippen LogP contribution in [-0.4, -0.2) is 49.7 Å². The first-order valence-electron chi connectivity index (χ1n) is 13.3. The molecule has 38 heavy (non-hydrogen) atoms. The van der Waals surface area contributed by atoms with Crippen molar-refractivity contribution in [3.05, 3.63) is 66.5 Å². The van der Waals surface area contributed by atoms with Gasteiger partial charge in [-0.2, -0.15) is 5.10 Å². The minimum absolute atomic E-state index is 0.0281. The van der Waals surface area contributed by atoms with E-state index >= 15 is 0 Å². The van der Waals surface area contributed by atoms with E-state index in [1.165, 1.54) is 6.42 Å². The van der Waals surface area contributed by atoms with E-state index < -0.39 is 24.0 Å². The number of nitrogens with zero attached hydrogens (tertiary/aromatic N) is 2. The first-order chi connectivity index (χ1) is 18.5. The zero-order chi connectivity index (χ0) is 26.5. The Morgan fingerprint density at radius 3 is 2.58 bits per heavy atom. The fourth-order valence-corrected chi connectivity index (χ4v) is 5.51. The molecule has 0 spiro atoms. The van der Waals surface area contributed by atoms with Gasteiger partial charge in [0.25, 0.3) is 0 Å². The van der Waals surface area contributed by atoms with Crippen LogP contribution in [0.15, 0.2) is 60.9 Å². The monoisotopic (exact) mass is 515 g/mol. The Bertz CT molecular complexity index is 1440. The van der Waals surface area contributed by atoms with Crippen molar-refractivity contribution in [2.45, 2.75) is 63.6 Å². The molecule has 2 amide bonds. The third-order valence-electron chi connectivity index (χ3n) is 7.50. The molecule has 0 bridgehead atoms. The van der Waals surface area contributed by atoms with Gasteiger partial charge in [-0.05, 0) is 30.0 Å². The highest BCUT2D eigenvalue weighted by atomic mass is 16.4. The summed E-state index contributed by atoms with van der Waals surface area (Å²) < 4.78 is 1.61. The Hall–Kier alpha value is -4.14. The lowest BCUT2D eigenvalue weighted by Gasteiger charge is -2.27. The minimum atomic E-state index is -1.12. The molecule has 1 aliphatic carbocycles. The van der Waals surface area contributed by atoms with Gasteiger partial charge in [0.05, 0.1) is 11.7 Å². The maximum Gasteiger partial charge on any atom is 0.326 e. The second-order valence-electron chi connectivity index (χ2n) is 10.2. The molecule has 9 heteroatoms. The normalized spacial score (nSPS) is 15.8. The van der Waals surface area contributed by atoms with Crippen molar-refractivity contribution in [2.24, 2.45) is 5.92 Å². The fourth-order valence-electron chi connectivity index (χ4n) is 5.51. The second kappa shape index (κ2) is 11.5. The summed E-state index contributed by atoms with van der Waals surface area (Å²) in [6.07, 6.45) is 9.49. The smallest absolute Gasteiger partial charge is 0.326 e. The first kappa shape index (κ1) is 25.5. The molecule has 2 unspecified atom stereocenters. The maximum absolute atomic E-state index is 13.5. The average molecular weight is 516 g/mol. The molecule has 2 aromatic carbocycles. The topological polar surface area (TPSA) is 129 Å². The van der Waals surface area contributed by atoms with Crippen molar-refractivity contribution in [3.8, 4) is 0 Å². The number of amides is 2. The van der Waals surface area contributed by atoms with Crippen LogP contribution in [0.2, 0.25) is 0 Å². The molecule has 0 aliphatic heterocycles. The summed E-state index contributed by atoms with van der Waals surface area (Å²) in [5, 5.41) is 21.7. The summed E-state index contributed by atoms with van der Waals surface area (Å²) in [6.45, 7) is -0.0281. The standard InChI is InChI=1S/C29H33N5O4/c35-27(18-34-26-13-7-4-10-20(26)17-31-34)32-24(14-19-8-2-1-3-9-19)28(36)33-25(29(37)38)15-21-16-30-23-12-6-5-11-22(21)23/h4-7,10-13,16-17,19,24-25,30H,1-3,8-9,14-15,18H2,(H,32,35)(H,33,36)(H,37,38). The Morgan fingerprint density at radius 2 is 1.76 bits per heavy atom. The van der Waals surface area contributed by atoms with Crippen LogP contribution in [0.25, 0.3) is 21.8 Å². The lowest BCUT2D eigenvalue weighted by Crippen LogP contribution is -2.53. The van der Waals surface area contributed by atoms with Gasteiger partial charge < -0.3 is 20.7 Å². The van der Waals surface area contributed by atoms with Crippen LogP contribution < -0.4 is 10.6 Å². The van der Waals surface area contributed by atoms with Gasteiger partial charge in [-0.1, -0.05) is 68.5 Å². The highest BCUT2D eigenvalue weighted by Crippen LogP contribution is 2.27. The van der Waals surface area contributed by atoms with Gasteiger partial charge in [-0.25, -0.2) is 4.79 Å². The van der Waals surface area contributed by atoms with Gasteiger partial charge in [0.15, 0.2) is 0 Å². The number of hydrogen-bond donors (Lipinski definition) is 4. The second-order valence-corrected chi connectivity index (χ2v) is 10.2. The number of aromatic nitrogens is 3. The zero-order valence-electron chi connectivity index (χ0n) is 21.2. The third kappa shape index (κ3) is 5.88. The predicted octanol–water partition coefficient (Wildman–Crippen LogP) is 3.78. The number of aliphatic carboxylic acids is 1. The number of para-hydroxylation sites is 2. The van der Waals surface area contributed by atoms with E-state index in [1.54, 1.807) is 17.1 Å². The van der Waals surface area contributed by atoms with Crippen molar-refractivity contribution in [1.29, 1.82) is 0 Å². The van der Waals surface area contributed by atoms with E-state index in [2.05, 4.69) is 20.7 Å². The summed E-state index contributed by atoms with van der Waals surface area (Å²) in [7, 11) is 0. The minimum Gasteiger partial charge on any atom is -0.480 e. The molecule has 2 aromatic heterocycles. The number of carbonyl (C=O) groups is 3. The summed E-state index contributed by atoms with van der Waals surface area (Å²) in [4.78, 5) is 41.8. The van der Waals surface area contributed by atoms with Gasteiger partial charge in [-0.15, -0.1) is 0 Å². The number of rotatable bonds is 10. The summed E-state index contributed by atoms with van der Waals surface area (Å²) in [5.41, 5.74) is 2.55. The highest BCUT2D eigenvalue weighted by Gasteiger charge is 2.30. The quantitative estimate of drug-likeness (QED) is 0.255. The molecule has 198 valence electrons.